The SMILES string of the molecule is C=C(C)C(=O)Oc1ccc(/C=N/S(C)(=O)=O)cc1. The third-order valence-corrected chi connectivity index (χ3v) is 2.32. The second-order valence-electron chi connectivity index (χ2n) is 3.71. The van der Waals surface area contributed by atoms with Gasteiger partial charge < -0.3 is 4.74 Å². The smallest absolute Gasteiger partial charge is 0.338 e. The maximum Gasteiger partial charge on any atom is 0.338 e. The van der Waals surface area contributed by atoms with E-state index >= 15 is 0 Å². The van der Waals surface area contributed by atoms with E-state index in [0.717, 1.165) is 6.26 Å². The van der Waals surface area contributed by atoms with E-state index in [0.29, 0.717) is 16.9 Å². The molecular formula is C12H13NO4S. The van der Waals surface area contributed by atoms with Crippen molar-refractivity contribution in [2.24, 2.45) is 4.40 Å². The molecule has 0 radical (unpaired) electrons. The Balaban J connectivity index is 2.78. The molecule has 0 heterocycles. The minimum absolute atomic E-state index is 0.303. The van der Waals surface area contributed by atoms with E-state index in [9.17, 15) is 13.2 Å². The van der Waals surface area contributed by atoms with E-state index in [2.05, 4.69) is 11.0 Å². The van der Waals surface area contributed by atoms with Crippen LogP contribution in [0.25, 0.3) is 0 Å². The summed E-state index contributed by atoms with van der Waals surface area (Å²) in [5.74, 6) is -0.146. The molecule has 96 valence electrons. The molecule has 0 spiro atoms. The van der Waals surface area contributed by atoms with Gasteiger partial charge in [0.05, 0.1) is 6.26 Å². The molecule has 1 aromatic rings. The van der Waals surface area contributed by atoms with Gasteiger partial charge in [0.2, 0.25) is 10.0 Å². The van der Waals surface area contributed by atoms with Crippen molar-refractivity contribution in [2.45, 2.75) is 6.92 Å². The summed E-state index contributed by atoms with van der Waals surface area (Å²) in [6.07, 6.45) is 2.23. The third kappa shape index (κ3) is 4.92. The standard InChI is InChI=1S/C12H13NO4S/c1-9(2)12(14)17-11-6-4-10(5-7-11)8-13-18(3,15)16/h4-8H,1H2,2-3H3/b13-8+. The molecule has 5 nitrogen and oxygen atoms in total. The molecule has 0 atom stereocenters. The number of nitrogens with zero attached hydrogens (tertiary/aromatic N) is 1. The lowest BCUT2D eigenvalue weighted by Gasteiger charge is -2.03. The zero-order valence-electron chi connectivity index (χ0n) is 10.1. The first kappa shape index (κ1) is 14.1. The molecule has 0 saturated carbocycles. The summed E-state index contributed by atoms with van der Waals surface area (Å²) in [5, 5.41) is 0. The molecule has 0 N–H and O–H groups in total. The van der Waals surface area contributed by atoms with Gasteiger partial charge in [-0.25, -0.2) is 13.2 Å². The highest BCUT2D eigenvalue weighted by Crippen LogP contribution is 2.12. The number of carbonyl (C=O) groups excluding carboxylic acids is 1. The molecule has 0 aliphatic heterocycles. The van der Waals surface area contributed by atoms with Crippen LogP contribution in [-0.4, -0.2) is 26.9 Å². The van der Waals surface area contributed by atoms with Crippen molar-refractivity contribution in [3.8, 4) is 5.75 Å². The summed E-state index contributed by atoms with van der Waals surface area (Å²) < 4.78 is 30.0. The van der Waals surface area contributed by atoms with Gasteiger partial charge in [0.15, 0.2) is 0 Å². The number of ether oxygens (including phenoxy) is 1. The van der Waals surface area contributed by atoms with Crippen LogP contribution in [0.1, 0.15) is 12.5 Å². The molecule has 0 amide bonds. The molecule has 1 rings (SSSR count). The Morgan fingerprint density at radius 3 is 2.33 bits per heavy atom. The van der Waals surface area contributed by atoms with E-state index < -0.39 is 16.0 Å². The molecule has 0 unspecified atom stereocenters. The van der Waals surface area contributed by atoms with Gasteiger partial charge >= 0.3 is 5.97 Å². The molecule has 0 saturated heterocycles. The third-order valence-electron chi connectivity index (χ3n) is 1.83. The van der Waals surface area contributed by atoms with E-state index in [-0.39, 0.29) is 0 Å². The van der Waals surface area contributed by atoms with Crippen LogP contribution < -0.4 is 4.74 Å². The Kier molecular flexibility index (Phi) is 4.38. The van der Waals surface area contributed by atoms with Crippen molar-refractivity contribution in [2.75, 3.05) is 6.26 Å². The minimum atomic E-state index is -3.39. The van der Waals surface area contributed by atoms with Crippen LogP contribution in [0.4, 0.5) is 0 Å². The average Bonchev–Trinajstić information content (AvgIpc) is 2.27. The van der Waals surface area contributed by atoms with Crippen LogP contribution in [0, 0.1) is 0 Å². The lowest BCUT2D eigenvalue weighted by molar-refractivity contribution is -0.130. The Labute approximate surface area is 106 Å². The van der Waals surface area contributed by atoms with Crippen LogP contribution in [0.3, 0.4) is 0 Å². The number of carbonyl (C=O) groups is 1. The summed E-state index contributed by atoms with van der Waals surface area (Å²) in [4.78, 5) is 11.2. The Morgan fingerprint density at radius 1 is 1.33 bits per heavy atom. The highest BCUT2D eigenvalue weighted by Gasteiger charge is 2.04. The van der Waals surface area contributed by atoms with Gasteiger partial charge in [0.25, 0.3) is 0 Å². The zero-order chi connectivity index (χ0) is 13.8. The number of hydrogen-bond donors (Lipinski definition) is 0. The first-order valence-electron chi connectivity index (χ1n) is 5.01. The minimum Gasteiger partial charge on any atom is -0.423 e. The van der Waals surface area contributed by atoms with Gasteiger partial charge in [-0.1, -0.05) is 6.58 Å². The number of hydrogen-bond acceptors (Lipinski definition) is 4. The molecule has 0 aromatic heterocycles. The molecule has 18 heavy (non-hydrogen) atoms. The second kappa shape index (κ2) is 5.59. The maximum absolute atomic E-state index is 11.2. The molecule has 0 fully saturated rings. The highest BCUT2D eigenvalue weighted by atomic mass is 32.2. The molecule has 0 aliphatic carbocycles. The first-order chi connectivity index (χ1) is 8.28. The van der Waals surface area contributed by atoms with Crippen molar-refractivity contribution < 1.29 is 17.9 Å². The van der Waals surface area contributed by atoms with Crippen molar-refractivity contribution >= 4 is 22.2 Å². The van der Waals surface area contributed by atoms with Crippen molar-refractivity contribution in [1.29, 1.82) is 0 Å². The van der Waals surface area contributed by atoms with Gasteiger partial charge in [-0.05, 0) is 36.8 Å². The van der Waals surface area contributed by atoms with Crippen LogP contribution >= 0.6 is 0 Å². The molecule has 0 bridgehead atoms. The lowest BCUT2D eigenvalue weighted by atomic mass is 10.2. The summed E-state index contributed by atoms with van der Waals surface area (Å²) >= 11 is 0. The zero-order valence-corrected chi connectivity index (χ0v) is 10.9. The fourth-order valence-electron chi connectivity index (χ4n) is 0.973. The summed E-state index contributed by atoms with van der Waals surface area (Å²) in [5.41, 5.74) is 0.897. The Morgan fingerprint density at radius 2 is 1.89 bits per heavy atom. The average molecular weight is 267 g/mol. The molecule has 0 aliphatic rings. The second-order valence-corrected chi connectivity index (χ2v) is 5.38. The van der Waals surface area contributed by atoms with Crippen LogP contribution in [0.15, 0.2) is 40.8 Å². The van der Waals surface area contributed by atoms with Crippen molar-refractivity contribution in [1.82, 2.24) is 0 Å². The normalized spacial score (nSPS) is 11.4. The van der Waals surface area contributed by atoms with E-state index in [1.165, 1.54) is 6.21 Å². The van der Waals surface area contributed by atoms with Crippen molar-refractivity contribution in [3.05, 3.63) is 42.0 Å². The van der Waals surface area contributed by atoms with E-state index in [1.807, 2.05) is 0 Å². The van der Waals surface area contributed by atoms with Crippen LogP contribution in [-0.2, 0) is 14.8 Å². The number of sulfonamides is 1. The lowest BCUT2D eigenvalue weighted by Crippen LogP contribution is -2.08. The fraction of sp³-hybridized carbons (Fsp3) is 0.167. The molecular weight excluding hydrogens is 254 g/mol. The van der Waals surface area contributed by atoms with Crippen LogP contribution in [0.2, 0.25) is 0 Å². The van der Waals surface area contributed by atoms with Crippen LogP contribution in [0.5, 0.6) is 5.75 Å². The topological polar surface area (TPSA) is 72.8 Å². The van der Waals surface area contributed by atoms with Gasteiger partial charge in [-0.15, -0.1) is 0 Å². The Hall–Kier alpha value is -1.95. The van der Waals surface area contributed by atoms with E-state index in [4.69, 9.17) is 4.74 Å². The van der Waals surface area contributed by atoms with Gasteiger partial charge in [-0.3, -0.25) is 0 Å². The molecule has 1 aromatic carbocycles. The van der Waals surface area contributed by atoms with Gasteiger partial charge in [0, 0.05) is 11.8 Å². The predicted octanol–water partition coefficient (Wildman–Crippen LogP) is 1.55. The fourth-order valence-corrected chi connectivity index (χ4v) is 1.29. The predicted molar refractivity (Wildman–Crippen MR) is 69.3 cm³/mol. The number of rotatable bonds is 4. The Bertz CT molecular complexity index is 585. The summed E-state index contributed by atoms with van der Waals surface area (Å²) in [6, 6.07) is 6.28. The summed E-state index contributed by atoms with van der Waals surface area (Å²) in [6.45, 7) is 5.01. The van der Waals surface area contributed by atoms with E-state index in [1.54, 1.807) is 31.2 Å². The highest BCUT2D eigenvalue weighted by molar-refractivity contribution is 7.89. The summed E-state index contributed by atoms with van der Waals surface area (Å²) in [7, 11) is -3.39. The maximum atomic E-state index is 11.2. The number of benzene rings is 1. The van der Waals surface area contributed by atoms with Crippen molar-refractivity contribution in [3.63, 3.8) is 0 Å². The van der Waals surface area contributed by atoms with Gasteiger partial charge in [0.1, 0.15) is 5.75 Å². The molecule has 6 heteroatoms. The first-order valence-corrected chi connectivity index (χ1v) is 6.86. The van der Waals surface area contributed by atoms with Gasteiger partial charge in [-0.2, -0.15) is 4.40 Å². The number of esters is 1. The monoisotopic (exact) mass is 267 g/mol. The largest absolute Gasteiger partial charge is 0.423 e. The quantitative estimate of drug-likeness (QED) is 0.359.